The summed E-state index contributed by atoms with van der Waals surface area (Å²) in [6.45, 7) is 8.39. The molecular formula is C25H27N5O2. The van der Waals surface area contributed by atoms with Crippen LogP contribution in [0.3, 0.4) is 0 Å². The number of amides is 3. The zero-order valence-corrected chi connectivity index (χ0v) is 19.0. The van der Waals surface area contributed by atoms with Gasteiger partial charge in [-0.25, -0.2) is 9.79 Å². The fraction of sp³-hybridized carbons (Fsp3) is 0.320. The van der Waals surface area contributed by atoms with Crippen molar-refractivity contribution in [3.63, 3.8) is 0 Å². The predicted octanol–water partition coefficient (Wildman–Crippen LogP) is 3.75. The van der Waals surface area contributed by atoms with Crippen molar-refractivity contribution >= 4 is 23.6 Å². The number of likely N-dealkylation sites (N-methyl/N-ethyl adjacent to an activating group) is 1. The highest BCUT2D eigenvalue weighted by atomic mass is 16.2. The van der Waals surface area contributed by atoms with Crippen molar-refractivity contribution in [1.82, 2.24) is 14.7 Å². The Balaban J connectivity index is 1.51. The van der Waals surface area contributed by atoms with Crippen molar-refractivity contribution in [2.75, 3.05) is 11.9 Å². The highest BCUT2D eigenvalue weighted by Gasteiger charge is 2.54. The molecule has 2 atom stereocenters. The zero-order chi connectivity index (χ0) is 22.7. The molecule has 0 aromatic heterocycles. The second-order valence-corrected chi connectivity index (χ2v) is 8.83. The molecule has 2 aromatic carbocycles. The van der Waals surface area contributed by atoms with Crippen LogP contribution in [0.1, 0.15) is 29.2 Å². The smallest absolute Gasteiger partial charge is 0.302 e. The molecule has 1 saturated heterocycles. The van der Waals surface area contributed by atoms with E-state index in [0.29, 0.717) is 5.96 Å². The lowest BCUT2D eigenvalue weighted by Gasteiger charge is -2.40. The average Bonchev–Trinajstić information content (AvgIpc) is 3.27. The lowest BCUT2D eigenvalue weighted by Crippen LogP contribution is -2.63. The summed E-state index contributed by atoms with van der Waals surface area (Å²) in [4.78, 5) is 38.6. The number of anilines is 1. The van der Waals surface area contributed by atoms with Crippen LogP contribution in [0, 0.1) is 20.8 Å². The highest BCUT2D eigenvalue weighted by molar-refractivity contribution is 6.10. The Morgan fingerprint density at radius 3 is 2.47 bits per heavy atom. The first kappa shape index (κ1) is 20.3. The molecule has 7 heteroatoms. The first-order valence-electron chi connectivity index (χ1n) is 10.8. The average molecular weight is 430 g/mol. The van der Waals surface area contributed by atoms with Gasteiger partial charge in [0.25, 0.3) is 5.91 Å². The van der Waals surface area contributed by atoms with Crippen LogP contribution < -0.4 is 4.90 Å². The summed E-state index contributed by atoms with van der Waals surface area (Å²) in [5.74, 6) is 0.476. The standard InChI is InChI=1S/C25H27N5O2/c1-15-10-11-17(3)20(12-15)30-18(4)13-28-21-22(26-24(28)30)27(5)25(32)29(23(21)31)14-19-9-7-6-8-16(19)2/h6-13,21-22H,14H2,1-5H3. The Kier molecular flexibility index (Phi) is 4.58. The quantitative estimate of drug-likeness (QED) is 0.746. The number of hydrogen-bond donors (Lipinski definition) is 0. The number of hydrogen-bond acceptors (Lipinski definition) is 5. The van der Waals surface area contributed by atoms with E-state index in [9.17, 15) is 9.59 Å². The molecule has 3 aliphatic rings. The van der Waals surface area contributed by atoms with Crippen molar-refractivity contribution in [2.24, 2.45) is 4.99 Å². The number of allylic oxidation sites excluding steroid dienone is 1. The maximum absolute atomic E-state index is 13.6. The van der Waals surface area contributed by atoms with Gasteiger partial charge in [0.15, 0.2) is 12.2 Å². The van der Waals surface area contributed by atoms with Crippen molar-refractivity contribution in [2.45, 2.75) is 46.4 Å². The first-order valence-corrected chi connectivity index (χ1v) is 10.8. The highest BCUT2D eigenvalue weighted by Crippen LogP contribution is 2.38. The second-order valence-electron chi connectivity index (χ2n) is 8.83. The summed E-state index contributed by atoms with van der Waals surface area (Å²) >= 11 is 0. The molecule has 0 bridgehead atoms. The number of rotatable bonds is 3. The van der Waals surface area contributed by atoms with Gasteiger partial charge in [0.2, 0.25) is 5.96 Å². The zero-order valence-electron chi connectivity index (χ0n) is 19.0. The number of aliphatic imine (C=N–C) groups is 1. The number of benzene rings is 2. The summed E-state index contributed by atoms with van der Waals surface area (Å²) in [6, 6.07) is 13.3. The molecule has 32 heavy (non-hydrogen) atoms. The van der Waals surface area contributed by atoms with Crippen LogP contribution in [0.5, 0.6) is 0 Å². The van der Waals surface area contributed by atoms with E-state index in [1.54, 1.807) is 11.9 Å². The van der Waals surface area contributed by atoms with Gasteiger partial charge < -0.3 is 9.80 Å². The third-order valence-electron chi connectivity index (χ3n) is 6.58. The van der Waals surface area contributed by atoms with Gasteiger partial charge in [0, 0.05) is 18.9 Å². The number of guanidine groups is 1. The minimum Gasteiger partial charge on any atom is -0.302 e. The molecule has 0 spiro atoms. The van der Waals surface area contributed by atoms with Gasteiger partial charge in [0.1, 0.15) is 0 Å². The third-order valence-corrected chi connectivity index (χ3v) is 6.58. The van der Waals surface area contributed by atoms with Crippen molar-refractivity contribution in [3.8, 4) is 0 Å². The van der Waals surface area contributed by atoms with E-state index in [4.69, 9.17) is 4.99 Å². The Bertz CT molecular complexity index is 1200. The van der Waals surface area contributed by atoms with Gasteiger partial charge in [-0.05, 0) is 56.0 Å². The largest absolute Gasteiger partial charge is 0.328 e. The Hall–Kier alpha value is -3.61. The number of carbonyl (C=O) groups excluding carboxylic acids is 2. The first-order chi connectivity index (χ1) is 15.3. The molecule has 0 saturated carbocycles. The van der Waals surface area contributed by atoms with E-state index >= 15 is 0 Å². The fourth-order valence-electron chi connectivity index (χ4n) is 4.72. The van der Waals surface area contributed by atoms with Crippen molar-refractivity contribution in [1.29, 1.82) is 0 Å². The van der Waals surface area contributed by atoms with Gasteiger partial charge in [-0.3, -0.25) is 14.6 Å². The van der Waals surface area contributed by atoms with Crippen molar-refractivity contribution < 1.29 is 9.59 Å². The maximum Gasteiger partial charge on any atom is 0.328 e. The van der Waals surface area contributed by atoms with E-state index in [1.165, 1.54) is 4.90 Å². The number of imide groups is 1. The molecular weight excluding hydrogens is 402 g/mol. The predicted molar refractivity (Wildman–Crippen MR) is 124 cm³/mol. The molecule has 164 valence electrons. The van der Waals surface area contributed by atoms with Gasteiger partial charge in [-0.2, -0.15) is 0 Å². The van der Waals surface area contributed by atoms with Crippen LogP contribution in [0.25, 0.3) is 0 Å². The second kappa shape index (κ2) is 7.22. The molecule has 5 rings (SSSR count). The molecule has 1 fully saturated rings. The minimum absolute atomic E-state index is 0.216. The van der Waals surface area contributed by atoms with Crippen LogP contribution in [0.15, 0.2) is 59.4 Å². The Morgan fingerprint density at radius 2 is 1.72 bits per heavy atom. The van der Waals surface area contributed by atoms with E-state index < -0.39 is 12.2 Å². The van der Waals surface area contributed by atoms with Crippen LogP contribution in [0.2, 0.25) is 0 Å². The molecule has 2 aromatic rings. The molecule has 0 radical (unpaired) electrons. The SMILES string of the molecule is CC1=CN2C(=NC3C2C(=O)N(Cc2ccccc2C)C(=O)N3C)N1c1cc(C)ccc1C. The van der Waals surface area contributed by atoms with Gasteiger partial charge in [0.05, 0.1) is 12.2 Å². The summed E-state index contributed by atoms with van der Waals surface area (Å²) in [5, 5.41) is 0. The Labute approximate surface area is 188 Å². The lowest BCUT2D eigenvalue weighted by molar-refractivity contribution is -0.137. The third kappa shape index (κ3) is 2.92. The summed E-state index contributed by atoms with van der Waals surface area (Å²) < 4.78 is 0. The number of nitrogens with zero attached hydrogens (tertiary/aromatic N) is 5. The molecule has 3 amide bonds. The summed E-state index contributed by atoms with van der Waals surface area (Å²) in [7, 11) is 1.72. The molecule has 7 nitrogen and oxygen atoms in total. The molecule has 2 unspecified atom stereocenters. The Morgan fingerprint density at radius 1 is 0.969 bits per heavy atom. The van der Waals surface area contributed by atoms with Crippen molar-refractivity contribution in [3.05, 3.63) is 76.6 Å². The van der Waals surface area contributed by atoms with Crippen LogP contribution in [0.4, 0.5) is 10.5 Å². The minimum atomic E-state index is -0.568. The molecule has 0 N–H and O–H groups in total. The van der Waals surface area contributed by atoms with E-state index in [0.717, 1.165) is 33.6 Å². The lowest BCUT2D eigenvalue weighted by atomic mass is 10.1. The van der Waals surface area contributed by atoms with Crippen LogP contribution >= 0.6 is 0 Å². The number of aryl methyl sites for hydroxylation is 3. The summed E-state index contributed by atoms with van der Waals surface area (Å²) in [6.07, 6.45) is 1.42. The van der Waals surface area contributed by atoms with E-state index in [-0.39, 0.29) is 18.5 Å². The van der Waals surface area contributed by atoms with E-state index in [1.807, 2.05) is 49.2 Å². The molecule has 0 aliphatic carbocycles. The van der Waals surface area contributed by atoms with Gasteiger partial charge in [-0.15, -0.1) is 0 Å². The maximum atomic E-state index is 13.6. The van der Waals surface area contributed by atoms with E-state index in [2.05, 4.69) is 36.9 Å². The monoisotopic (exact) mass is 429 g/mol. The molecule has 3 aliphatic heterocycles. The van der Waals surface area contributed by atoms with Crippen LogP contribution in [-0.4, -0.2) is 51.9 Å². The van der Waals surface area contributed by atoms with Gasteiger partial charge in [-0.1, -0.05) is 36.4 Å². The number of urea groups is 1. The summed E-state index contributed by atoms with van der Waals surface area (Å²) in [5.41, 5.74) is 6.33. The van der Waals surface area contributed by atoms with Crippen LogP contribution in [-0.2, 0) is 11.3 Å². The number of fused-ring (bicyclic) bond motifs is 3. The fourth-order valence-corrected chi connectivity index (χ4v) is 4.72. The normalized spacial score (nSPS) is 22.3. The topological polar surface area (TPSA) is 59.5 Å². The van der Waals surface area contributed by atoms with Gasteiger partial charge >= 0.3 is 6.03 Å². The molecule has 3 heterocycles. The number of carbonyl (C=O) groups is 2.